The molecule has 0 saturated heterocycles. The molecule has 0 aliphatic carbocycles. The van der Waals surface area contributed by atoms with Crippen molar-refractivity contribution in [2.24, 2.45) is 0 Å². The zero-order valence-electron chi connectivity index (χ0n) is 8.61. The lowest BCUT2D eigenvalue weighted by atomic mass is 10.4. The fourth-order valence-electron chi connectivity index (χ4n) is 0.908. The number of halogens is 2. The number of esters is 1. The van der Waals surface area contributed by atoms with Crippen molar-refractivity contribution in [3.8, 4) is 0 Å². The molecule has 0 unspecified atom stereocenters. The highest BCUT2D eigenvalue weighted by Gasteiger charge is 2.23. The summed E-state index contributed by atoms with van der Waals surface area (Å²) in [6.45, 7) is 0.269. The van der Waals surface area contributed by atoms with Gasteiger partial charge in [-0.05, 0) is 15.9 Å². The Kier molecular flexibility index (Phi) is 4.99. The number of carbonyl (C=O) groups is 1. The Morgan fingerprint density at radius 2 is 2.18 bits per heavy atom. The van der Waals surface area contributed by atoms with Gasteiger partial charge < -0.3 is 13.9 Å². The fourth-order valence-corrected chi connectivity index (χ4v) is 2.94. The number of carbonyl (C=O) groups excluding carboxylic acids is 1. The molecule has 0 spiro atoms. The van der Waals surface area contributed by atoms with Gasteiger partial charge >= 0.3 is 5.97 Å². The van der Waals surface area contributed by atoms with E-state index in [0.29, 0.717) is 0 Å². The van der Waals surface area contributed by atoms with Gasteiger partial charge in [-0.2, -0.15) is 0 Å². The van der Waals surface area contributed by atoms with Crippen molar-refractivity contribution < 1.29 is 27.1 Å². The topological polar surface area (TPSA) is 82.8 Å². The van der Waals surface area contributed by atoms with Crippen molar-refractivity contribution in [2.45, 2.75) is 4.90 Å². The monoisotopic (exact) mass is 346 g/mol. The van der Waals surface area contributed by atoms with Crippen LogP contribution in [0.4, 0.5) is 0 Å². The van der Waals surface area contributed by atoms with Crippen molar-refractivity contribution in [3.05, 3.63) is 16.5 Å². The van der Waals surface area contributed by atoms with Crippen LogP contribution in [-0.4, -0.2) is 34.7 Å². The molecule has 1 aromatic rings. The maximum absolute atomic E-state index is 11.4. The highest BCUT2D eigenvalue weighted by atomic mass is 79.9. The first-order valence-electron chi connectivity index (χ1n) is 4.26. The van der Waals surface area contributed by atoms with E-state index in [1.165, 1.54) is 7.11 Å². The summed E-state index contributed by atoms with van der Waals surface area (Å²) in [5.41, 5.74) is 0. The van der Waals surface area contributed by atoms with E-state index in [9.17, 15) is 13.2 Å². The summed E-state index contributed by atoms with van der Waals surface area (Å²) in [6, 6.07) is 0.988. The average molecular weight is 348 g/mol. The largest absolute Gasteiger partial charge is 0.457 e. The van der Waals surface area contributed by atoms with Crippen molar-refractivity contribution >= 4 is 41.6 Å². The lowest BCUT2D eigenvalue weighted by Gasteiger charge is -2.00. The van der Waals surface area contributed by atoms with Gasteiger partial charge in [-0.25, -0.2) is 13.2 Å². The number of rotatable bonds is 5. The minimum absolute atomic E-state index is 0.0383. The van der Waals surface area contributed by atoms with E-state index in [2.05, 4.69) is 20.7 Å². The van der Waals surface area contributed by atoms with E-state index in [1.807, 2.05) is 0 Å². The van der Waals surface area contributed by atoms with Crippen LogP contribution in [0.5, 0.6) is 0 Å². The van der Waals surface area contributed by atoms with E-state index in [1.54, 1.807) is 0 Å². The van der Waals surface area contributed by atoms with Crippen LogP contribution in [0.2, 0.25) is 0 Å². The highest BCUT2D eigenvalue weighted by Crippen LogP contribution is 2.28. The fraction of sp³-hybridized carbons (Fsp3) is 0.375. The number of furan rings is 1. The van der Waals surface area contributed by atoms with Crippen LogP contribution < -0.4 is 0 Å². The zero-order chi connectivity index (χ0) is 13.1. The summed E-state index contributed by atoms with van der Waals surface area (Å²) in [5, 5.41) is 0. The van der Waals surface area contributed by atoms with Gasteiger partial charge in [0.25, 0.3) is 9.05 Å². The molecule has 0 N–H and O–H groups in total. The second kappa shape index (κ2) is 5.85. The van der Waals surface area contributed by atoms with Gasteiger partial charge in [-0.15, -0.1) is 0 Å². The minimum Gasteiger partial charge on any atom is -0.457 e. The molecule has 96 valence electrons. The first-order chi connectivity index (χ1) is 7.86. The number of ether oxygens (including phenoxy) is 2. The van der Waals surface area contributed by atoms with Gasteiger partial charge in [0.2, 0.25) is 5.76 Å². The van der Waals surface area contributed by atoms with E-state index in [0.717, 1.165) is 6.07 Å². The molecule has 0 aromatic carbocycles. The lowest BCUT2D eigenvalue weighted by molar-refractivity contribution is 0.0353. The van der Waals surface area contributed by atoms with Crippen molar-refractivity contribution in [1.29, 1.82) is 0 Å². The van der Waals surface area contributed by atoms with Gasteiger partial charge in [-0.1, -0.05) is 0 Å². The second-order valence-electron chi connectivity index (χ2n) is 2.82. The first-order valence-corrected chi connectivity index (χ1v) is 7.36. The second-order valence-corrected chi connectivity index (χ2v) is 6.07. The Morgan fingerprint density at radius 3 is 2.65 bits per heavy atom. The van der Waals surface area contributed by atoms with Gasteiger partial charge in [0.05, 0.1) is 6.61 Å². The SMILES string of the molecule is COCCOC(=O)c1cc(S(=O)(=O)Cl)c(Br)o1. The predicted molar refractivity (Wildman–Crippen MR) is 61.6 cm³/mol. The Balaban J connectivity index is 2.83. The Bertz CT molecular complexity index is 508. The molecule has 17 heavy (non-hydrogen) atoms. The van der Waals surface area contributed by atoms with Crippen LogP contribution in [0.3, 0.4) is 0 Å². The van der Waals surface area contributed by atoms with Crippen LogP contribution >= 0.6 is 26.6 Å². The molecule has 0 fully saturated rings. The summed E-state index contributed by atoms with van der Waals surface area (Å²) in [6.07, 6.45) is 0. The molecule has 0 amide bonds. The number of hydrogen-bond donors (Lipinski definition) is 0. The molecule has 1 heterocycles. The third-order valence-electron chi connectivity index (χ3n) is 1.64. The standard InChI is InChI=1S/C8H8BrClO6S/c1-14-2-3-15-8(11)5-4-6(7(9)16-5)17(10,12)13/h4H,2-3H2,1H3. The molecule has 0 radical (unpaired) electrons. The molecule has 9 heteroatoms. The zero-order valence-corrected chi connectivity index (χ0v) is 11.8. The van der Waals surface area contributed by atoms with Gasteiger partial charge in [0.1, 0.15) is 11.5 Å². The third kappa shape index (κ3) is 3.98. The summed E-state index contributed by atoms with van der Waals surface area (Å²) >= 11 is 2.84. The molecule has 0 bridgehead atoms. The molecule has 0 aliphatic heterocycles. The quantitative estimate of drug-likeness (QED) is 0.459. The van der Waals surface area contributed by atoms with Gasteiger partial charge in [0.15, 0.2) is 4.67 Å². The maximum Gasteiger partial charge on any atom is 0.374 e. The van der Waals surface area contributed by atoms with Crippen molar-refractivity contribution in [1.82, 2.24) is 0 Å². The highest BCUT2D eigenvalue weighted by molar-refractivity contribution is 9.10. The first kappa shape index (κ1) is 14.5. The molecular formula is C8H8BrClO6S. The predicted octanol–water partition coefficient (Wildman–Crippen LogP) is 1.77. The molecule has 1 rings (SSSR count). The molecule has 0 saturated carbocycles. The van der Waals surface area contributed by atoms with Crippen LogP contribution in [0.15, 0.2) is 20.0 Å². The van der Waals surface area contributed by atoms with E-state index < -0.39 is 15.0 Å². The van der Waals surface area contributed by atoms with Crippen molar-refractivity contribution in [2.75, 3.05) is 20.3 Å². The van der Waals surface area contributed by atoms with Crippen molar-refractivity contribution in [3.63, 3.8) is 0 Å². The smallest absolute Gasteiger partial charge is 0.374 e. The Hall–Kier alpha value is -0.570. The summed E-state index contributed by atoms with van der Waals surface area (Å²) < 4.78 is 36.2. The molecule has 0 aliphatic rings. The maximum atomic E-state index is 11.4. The van der Waals surface area contributed by atoms with E-state index in [-0.39, 0.29) is 28.5 Å². The number of hydrogen-bond acceptors (Lipinski definition) is 6. The molecule has 0 atom stereocenters. The van der Waals surface area contributed by atoms with E-state index in [4.69, 9.17) is 19.8 Å². The van der Waals surface area contributed by atoms with Gasteiger partial charge in [0, 0.05) is 23.9 Å². The van der Waals surface area contributed by atoms with Crippen LogP contribution in [0.1, 0.15) is 10.6 Å². The average Bonchev–Trinajstić information content (AvgIpc) is 2.60. The molecular weight excluding hydrogens is 340 g/mol. The third-order valence-corrected chi connectivity index (χ3v) is 3.82. The van der Waals surface area contributed by atoms with Gasteiger partial charge in [-0.3, -0.25) is 0 Å². The summed E-state index contributed by atoms with van der Waals surface area (Å²) in [5.74, 6) is -1.05. The normalized spacial score (nSPS) is 11.5. The Labute approximate surface area is 110 Å². The summed E-state index contributed by atoms with van der Waals surface area (Å²) in [4.78, 5) is 11.1. The Morgan fingerprint density at radius 1 is 1.53 bits per heavy atom. The number of methoxy groups -OCH3 is 1. The van der Waals surface area contributed by atoms with Crippen LogP contribution in [-0.2, 0) is 18.5 Å². The minimum atomic E-state index is -3.97. The van der Waals surface area contributed by atoms with Crippen LogP contribution in [0.25, 0.3) is 0 Å². The van der Waals surface area contributed by atoms with Crippen LogP contribution in [0, 0.1) is 0 Å². The molecule has 6 nitrogen and oxygen atoms in total. The van der Waals surface area contributed by atoms with E-state index >= 15 is 0 Å². The lowest BCUT2D eigenvalue weighted by Crippen LogP contribution is -2.09. The molecule has 1 aromatic heterocycles. The summed E-state index contributed by atoms with van der Waals surface area (Å²) in [7, 11) is 2.60.